The summed E-state index contributed by atoms with van der Waals surface area (Å²) in [4.78, 5) is 65.7. The predicted octanol–water partition coefficient (Wildman–Crippen LogP) is -0.849. The molecule has 0 spiro atoms. The fourth-order valence-corrected chi connectivity index (χ4v) is 5.49. The zero-order chi connectivity index (χ0) is 32.5. The molecule has 0 amide bonds. The van der Waals surface area contributed by atoms with Gasteiger partial charge in [-0.3, -0.25) is 22.8 Å². The summed E-state index contributed by atoms with van der Waals surface area (Å²) in [7, 11) is -24.9. The molecule has 0 rings (SSSR count). The quantitative estimate of drug-likeness (QED) is 0.0767. The lowest BCUT2D eigenvalue weighted by Crippen LogP contribution is -2.20. The number of hydrogen-bond donors (Lipinski definition) is 2. The fraction of sp³-hybridized carbons (Fsp3) is 1.00. The number of phosphoric ester groups is 5. The SMILES string of the molecule is C.CCC(CO)COP(=O)([O-])OCCOP(=O)([O-])OCCOP(=O)([O-])OCCOP(=O)([O-])OCC(CC)COP(=O)([O-])O. The summed E-state index contributed by atoms with van der Waals surface area (Å²) in [5.74, 6) is -1.20. The van der Waals surface area contributed by atoms with E-state index in [0.717, 1.165) is 0 Å². The minimum atomic E-state index is -5.07. The third-order valence-electron chi connectivity index (χ3n) is 4.57. The highest BCUT2D eigenvalue weighted by atomic mass is 31.2. The summed E-state index contributed by atoms with van der Waals surface area (Å²) in [5.41, 5.74) is 0. The van der Waals surface area contributed by atoms with Crippen LogP contribution in [0.4, 0.5) is 0 Å². The van der Waals surface area contributed by atoms with Crippen molar-refractivity contribution < 1.29 is 98.0 Å². The standard InChI is InChI=1S/C16H39O21P5.CH4/c1-3-15(11-17)12-36-41(25,26)33-9-7-31-39(21,22)29-5-6-30-40(23,24)32-8-10-34-42(27,28)37-14-16(4-2)13-35-38(18,19)20;/h15-17H,3-14H2,1-2H3,(H,21,22)(H,23,24)(H,25,26)(H,27,28)(H2,18,19,20);1H4/p-5. The van der Waals surface area contributed by atoms with Gasteiger partial charge in [-0.1, -0.05) is 21.3 Å². The van der Waals surface area contributed by atoms with E-state index in [1.54, 1.807) is 13.8 Å². The van der Waals surface area contributed by atoms with Crippen LogP contribution in [-0.2, 0) is 63.5 Å². The van der Waals surface area contributed by atoms with E-state index in [2.05, 4.69) is 40.7 Å². The van der Waals surface area contributed by atoms with Gasteiger partial charge in [-0.2, -0.15) is 0 Å². The molecule has 0 bridgehead atoms. The first-order valence-corrected chi connectivity index (χ1v) is 19.3. The summed E-state index contributed by atoms with van der Waals surface area (Å²) >= 11 is 0. The number of aliphatic hydroxyl groups is 1. The average molecular weight is 733 g/mol. The van der Waals surface area contributed by atoms with E-state index in [1.807, 2.05) is 0 Å². The van der Waals surface area contributed by atoms with Gasteiger partial charge in [-0.25, -0.2) is 0 Å². The maximum atomic E-state index is 11.7. The van der Waals surface area contributed by atoms with Gasteiger partial charge in [0.15, 0.2) is 0 Å². The summed E-state index contributed by atoms with van der Waals surface area (Å²) in [6.45, 7) is -3.57. The van der Waals surface area contributed by atoms with Gasteiger partial charge in [0.1, 0.15) is 0 Å². The van der Waals surface area contributed by atoms with Crippen molar-refractivity contribution in [2.75, 3.05) is 66.1 Å². The van der Waals surface area contributed by atoms with Crippen molar-refractivity contribution in [3.05, 3.63) is 0 Å². The average Bonchev–Trinajstić information content (AvgIpc) is 2.87. The first-order chi connectivity index (χ1) is 19.3. The Kier molecular flexibility index (Phi) is 23.5. The van der Waals surface area contributed by atoms with E-state index < -0.39 is 104 Å². The zero-order valence-corrected chi connectivity index (χ0v) is 27.0. The van der Waals surface area contributed by atoms with Crippen molar-refractivity contribution in [1.82, 2.24) is 0 Å². The molecule has 0 aliphatic heterocycles. The van der Waals surface area contributed by atoms with E-state index >= 15 is 0 Å². The Morgan fingerprint density at radius 1 is 0.512 bits per heavy atom. The number of aliphatic hydroxyl groups excluding tert-OH is 1. The molecule has 0 aliphatic carbocycles. The second-order valence-electron chi connectivity index (χ2n) is 7.88. The number of hydrogen-bond acceptors (Lipinski definition) is 20. The lowest BCUT2D eigenvalue weighted by molar-refractivity contribution is -0.237. The van der Waals surface area contributed by atoms with Crippen LogP contribution < -0.4 is 24.5 Å². The molecule has 43 heavy (non-hydrogen) atoms. The largest absolute Gasteiger partial charge is 0.756 e. The van der Waals surface area contributed by atoms with Crippen LogP contribution in [0.2, 0.25) is 0 Å². The second-order valence-corrected chi connectivity index (χ2v) is 14.7. The van der Waals surface area contributed by atoms with Gasteiger partial charge in [-0.05, 0) is 12.8 Å². The summed E-state index contributed by atoms with van der Waals surface area (Å²) in [5, 5.41) is 8.99. The Balaban J connectivity index is 0. The van der Waals surface area contributed by atoms with Crippen LogP contribution >= 0.6 is 39.1 Å². The summed E-state index contributed by atoms with van der Waals surface area (Å²) in [6.07, 6.45) is 0.643. The minimum Gasteiger partial charge on any atom is -0.756 e. The third-order valence-corrected chi connectivity index (χ3v) is 8.97. The van der Waals surface area contributed by atoms with Crippen LogP contribution in [0, 0.1) is 11.8 Å². The zero-order valence-electron chi connectivity index (χ0n) is 22.5. The molecule has 0 saturated carbocycles. The van der Waals surface area contributed by atoms with Gasteiger partial charge >= 0.3 is 0 Å². The van der Waals surface area contributed by atoms with E-state index in [-0.39, 0.29) is 27.1 Å². The first-order valence-electron chi connectivity index (χ1n) is 11.9. The third kappa shape index (κ3) is 26.3. The molecular formula is C17H38O21P5-5. The minimum absolute atomic E-state index is 0. The van der Waals surface area contributed by atoms with E-state index in [1.165, 1.54) is 0 Å². The Morgan fingerprint density at radius 2 is 0.767 bits per heavy atom. The highest BCUT2D eigenvalue weighted by Gasteiger charge is 2.18. The van der Waals surface area contributed by atoms with Gasteiger partial charge in [-0.15, -0.1) is 0 Å². The van der Waals surface area contributed by atoms with Crippen molar-refractivity contribution in [1.29, 1.82) is 0 Å². The maximum absolute atomic E-state index is 11.7. The Morgan fingerprint density at radius 3 is 1.02 bits per heavy atom. The van der Waals surface area contributed by atoms with Crippen molar-refractivity contribution in [2.45, 2.75) is 34.1 Å². The molecule has 262 valence electrons. The summed E-state index contributed by atoms with van der Waals surface area (Å²) < 4.78 is 96.5. The lowest BCUT2D eigenvalue weighted by Gasteiger charge is -2.27. The van der Waals surface area contributed by atoms with Crippen molar-refractivity contribution in [2.24, 2.45) is 11.8 Å². The van der Waals surface area contributed by atoms with Crippen LogP contribution in [0.15, 0.2) is 0 Å². The lowest BCUT2D eigenvalue weighted by atomic mass is 10.1. The molecule has 0 radical (unpaired) electrons. The molecule has 21 nitrogen and oxygen atoms in total. The molecule has 7 atom stereocenters. The van der Waals surface area contributed by atoms with Crippen molar-refractivity contribution >= 4 is 39.1 Å². The second kappa shape index (κ2) is 22.1. The Labute approximate surface area is 249 Å². The fourth-order valence-electron chi connectivity index (χ4n) is 2.22. The molecular weight excluding hydrogens is 695 g/mol. The van der Waals surface area contributed by atoms with Crippen LogP contribution in [0.3, 0.4) is 0 Å². The van der Waals surface area contributed by atoms with Crippen LogP contribution in [0.1, 0.15) is 34.1 Å². The van der Waals surface area contributed by atoms with E-state index in [0.29, 0.717) is 6.42 Å². The van der Waals surface area contributed by atoms with Gasteiger partial charge in [0.25, 0.3) is 39.1 Å². The highest BCUT2D eigenvalue weighted by Crippen LogP contribution is 2.43. The molecule has 0 fully saturated rings. The number of phosphoric acid groups is 5. The van der Waals surface area contributed by atoms with Crippen LogP contribution in [-0.4, -0.2) is 76.1 Å². The predicted molar refractivity (Wildman–Crippen MR) is 135 cm³/mol. The maximum Gasteiger partial charge on any atom is 0.268 e. The summed E-state index contributed by atoms with van der Waals surface area (Å²) in [6, 6.07) is 0. The Bertz CT molecular complexity index is 985. The van der Waals surface area contributed by atoms with E-state index in [4.69, 9.17) is 10.00 Å². The van der Waals surface area contributed by atoms with Gasteiger partial charge < -0.3 is 75.2 Å². The molecule has 0 aromatic carbocycles. The topological polar surface area (TPSA) is 324 Å². The smallest absolute Gasteiger partial charge is 0.268 e. The molecule has 0 saturated heterocycles. The molecule has 26 heteroatoms. The molecule has 0 heterocycles. The molecule has 2 N–H and O–H groups in total. The van der Waals surface area contributed by atoms with Crippen LogP contribution in [0.5, 0.6) is 0 Å². The number of rotatable bonds is 27. The van der Waals surface area contributed by atoms with Crippen molar-refractivity contribution in [3.8, 4) is 0 Å². The van der Waals surface area contributed by atoms with Gasteiger partial charge in [0, 0.05) is 18.4 Å². The molecule has 7 unspecified atom stereocenters. The molecule has 0 aromatic heterocycles. The molecule has 0 aliphatic rings. The van der Waals surface area contributed by atoms with Gasteiger partial charge in [0.2, 0.25) is 0 Å². The van der Waals surface area contributed by atoms with Crippen molar-refractivity contribution in [3.63, 3.8) is 0 Å². The monoisotopic (exact) mass is 733 g/mol. The van der Waals surface area contributed by atoms with Gasteiger partial charge in [0.05, 0.1) is 59.5 Å². The highest BCUT2D eigenvalue weighted by molar-refractivity contribution is 7.46. The molecule has 0 aromatic rings. The normalized spacial score (nSPS) is 20.4. The van der Waals surface area contributed by atoms with E-state index in [9.17, 15) is 47.3 Å². The van der Waals surface area contributed by atoms with Crippen LogP contribution in [0.25, 0.3) is 0 Å². The Hall–Kier alpha value is 0.510. The first kappa shape index (κ1) is 45.6.